The van der Waals surface area contributed by atoms with Gasteiger partial charge in [-0.2, -0.15) is 0 Å². The SMILES string of the molecule is O=C(O)CC[n+]1ccc(C(=O)NCc2ccccn2)cn1. The van der Waals surface area contributed by atoms with Crippen LogP contribution in [0.3, 0.4) is 0 Å². The first-order valence-electron chi connectivity index (χ1n) is 6.41. The van der Waals surface area contributed by atoms with Gasteiger partial charge in [0.1, 0.15) is 12.6 Å². The Balaban J connectivity index is 1.89. The molecule has 2 aromatic heterocycles. The van der Waals surface area contributed by atoms with Crippen LogP contribution in [0, 0.1) is 0 Å². The highest BCUT2D eigenvalue weighted by atomic mass is 16.4. The lowest BCUT2D eigenvalue weighted by molar-refractivity contribution is -0.753. The van der Waals surface area contributed by atoms with Gasteiger partial charge in [-0.1, -0.05) is 10.7 Å². The Labute approximate surface area is 121 Å². The first-order chi connectivity index (χ1) is 10.1. The van der Waals surface area contributed by atoms with Crippen LogP contribution in [0.2, 0.25) is 0 Å². The summed E-state index contributed by atoms with van der Waals surface area (Å²) < 4.78 is 1.48. The summed E-state index contributed by atoms with van der Waals surface area (Å²) in [6.45, 7) is 0.610. The molecule has 1 amide bonds. The number of carboxylic acids is 1. The molecule has 2 heterocycles. The molecule has 2 N–H and O–H groups in total. The summed E-state index contributed by atoms with van der Waals surface area (Å²) in [6, 6.07) is 7.08. The number of carbonyl (C=O) groups is 2. The zero-order chi connectivity index (χ0) is 15.1. The molecule has 7 heteroatoms. The maximum absolute atomic E-state index is 11.9. The number of nitrogens with zero attached hydrogens (tertiary/aromatic N) is 3. The number of rotatable bonds is 6. The number of carboxylic acid groups (broad SMARTS) is 1. The maximum atomic E-state index is 11.9. The van der Waals surface area contributed by atoms with E-state index < -0.39 is 5.97 Å². The van der Waals surface area contributed by atoms with Crippen molar-refractivity contribution in [3.8, 4) is 0 Å². The second-order valence-electron chi connectivity index (χ2n) is 4.33. The van der Waals surface area contributed by atoms with Crippen LogP contribution in [0.1, 0.15) is 22.5 Å². The van der Waals surface area contributed by atoms with Crippen molar-refractivity contribution in [3.63, 3.8) is 0 Å². The Morgan fingerprint density at radius 2 is 2.14 bits per heavy atom. The number of aryl methyl sites for hydroxylation is 1. The summed E-state index contributed by atoms with van der Waals surface area (Å²) in [7, 11) is 0. The lowest BCUT2D eigenvalue weighted by Crippen LogP contribution is -2.39. The predicted octanol–water partition coefficient (Wildman–Crippen LogP) is 0.169. The number of aromatic nitrogens is 3. The molecule has 0 bridgehead atoms. The molecule has 0 saturated carbocycles. The fourth-order valence-corrected chi connectivity index (χ4v) is 1.64. The average molecular weight is 287 g/mol. The highest BCUT2D eigenvalue weighted by Crippen LogP contribution is 1.96. The highest BCUT2D eigenvalue weighted by Gasteiger charge is 2.10. The largest absolute Gasteiger partial charge is 0.481 e. The minimum Gasteiger partial charge on any atom is -0.481 e. The average Bonchev–Trinajstić information content (AvgIpc) is 2.52. The fourth-order valence-electron chi connectivity index (χ4n) is 1.64. The third-order valence-corrected chi connectivity index (χ3v) is 2.74. The van der Waals surface area contributed by atoms with Crippen LogP contribution in [0.25, 0.3) is 0 Å². The number of pyridine rings is 1. The fraction of sp³-hybridized carbons (Fsp3) is 0.214. The Kier molecular flexibility index (Phi) is 4.92. The standard InChI is InChI=1S/C14H14N4O3/c19-13(20)5-8-18-7-4-11(9-17-18)14(21)16-10-12-3-1-2-6-15-12/h1-4,6-7,9H,5,8,10H2,(H-,16,19,20,21)/p+1. The molecule has 0 aliphatic carbocycles. The maximum Gasteiger partial charge on any atom is 0.309 e. The van der Waals surface area contributed by atoms with E-state index in [0.717, 1.165) is 5.69 Å². The van der Waals surface area contributed by atoms with E-state index >= 15 is 0 Å². The molecule has 0 spiro atoms. The normalized spacial score (nSPS) is 10.1. The van der Waals surface area contributed by atoms with E-state index in [9.17, 15) is 9.59 Å². The summed E-state index contributed by atoms with van der Waals surface area (Å²) in [4.78, 5) is 26.5. The minimum atomic E-state index is -0.888. The Morgan fingerprint density at radius 1 is 1.29 bits per heavy atom. The molecule has 0 aromatic carbocycles. The summed E-state index contributed by atoms with van der Waals surface area (Å²) in [5.41, 5.74) is 1.18. The van der Waals surface area contributed by atoms with E-state index in [-0.39, 0.29) is 18.9 Å². The summed E-state index contributed by atoms with van der Waals surface area (Å²) in [5, 5.41) is 15.3. The van der Waals surface area contributed by atoms with Crippen molar-refractivity contribution in [2.75, 3.05) is 0 Å². The van der Waals surface area contributed by atoms with Gasteiger partial charge in [-0.05, 0) is 17.2 Å². The molecule has 0 unspecified atom stereocenters. The van der Waals surface area contributed by atoms with E-state index in [2.05, 4.69) is 15.4 Å². The second-order valence-corrected chi connectivity index (χ2v) is 4.33. The van der Waals surface area contributed by atoms with Crippen molar-refractivity contribution >= 4 is 11.9 Å². The first-order valence-corrected chi connectivity index (χ1v) is 6.41. The third-order valence-electron chi connectivity index (χ3n) is 2.74. The van der Waals surface area contributed by atoms with Crippen LogP contribution in [0.4, 0.5) is 0 Å². The zero-order valence-corrected chi connectivity index (χ0v) is 11.3. The number of nitrogens with one attached hydrogen (secondary N) is 1. The lowest BCUT2D eigenvalue weighted by Gasteiger charge is -2.03. The summed E-state index contributed by atoms with van der Waals surface area (Å²) >= 11 is 0. The molecule has 0 atom stereocenters. The van der Waals surface area contributed by atoms with Gasteiger partial charge in [0.2, 0.25) is 0 Å². The van der Waals surface area contributed by atoms with Crippen LogP contribution in [0.15, 0.2) is 42.9 Å². The Morgan fingerprint density at radius 3 is 2.76 bits per heavy atom. The van der Waals surface area contributed by atoms with Crippen LogP contribution in [-0.4, -0.2) is 27.1 Å². The molecule has 0 aliphatic rings. The quantitative estimate of drug-likeness (QED) is 0.738. The highest BCUT2D eigenvalue weighted by molar-refractivity contribution is 5.93. The van der Waals surface area contributed by atoms with Gasteiger partial charge in [0, 0.05) is 12.3 Å². The van der Waals surface area contributed by atoms with E-state index in [0.29, 0.717) is 12.1 Å². The number of hydrogen-bond acceptors (Lipinski definition) is 4. The van der Waals surface area contributed by atoms with Gasteiger partial charge in [-0.15, -0.1) is 0 Å². The Hall–Kier alpha value is -2.83. The molecule has 0 fully saturated rings. The van der Waals surface area contributed by atoms with Gasteiger partial charge >= 0.3 is 5.97 Å². The van der Waals surface area contributed by atoms with E-state index in [1.54, 1.807) is 18.5 Å². The van der Waals surface area contributed by atoms with Crippen molar-refractivity contribution < 1.29 is 19.4 Å². The van der Waals surface area contributed by atoms with Gasteiger partial charge in [-0.3, -0.25) is 14.6 Å². The monoisotopic (exact) mass is 287 g/mol. The topological polar surface area (TPSA) is 96.1 Å². The van der Waals surface area contributed by atoms with Crippen LogP contribution >= 0.6 is 0 Å². The zero-order valence-electron chi connectivity index (χ0n) is 11.3. The molecular weight excluding hydrogens is 272 g/mol. The van der Waals surface area contributed by atoms with Crippen molar-refractivity contribution in [1.82, 2.24) is 15.4 Å². The van der Waals surface area contributed by atoms with E-state index in [1.165, 1.54) is 10.9 Å². The molecule has 2 aromatic rings. The van der Waals surface area contributed by atoms with Gasteiger partial charge < -0.3 is 10.4 Å². The first kappa shape index (κ1) is 14.6. The van der Waals surface area contributed by atoms with Crippen LogP contribution in [-0.2, 0) is 17.9 Å². The van der Waals surface area contributed by atoms with Gasteiger partial charge in [0.05, 0.1) is 17.8 Å². The number of hydrogen-bond donors (Lipinski definition) is 2. The summed E-state index contributed by atoms with van der Waals surface area (Å²) in [5.74, 6) is -1.14. The second kappa shape index (κ2) is 7.09. The van der Waals surface area contributed by atoms with Crippen molar-refractivity contribution in [3.05, 3.63) is 54.1 Å². The molecular formula is C14H15N4O3+. The van der Waals surface area contributed by atoms with Crippen molar-refractivity contribution in [1.29, 1.82) is 0 Å². The molecule has 0 saturated heterocycles. The molecule has 7 nitrogen and oxygen atoms in total. The minimum absolute atomic E-state index is 0.0110. The Bertz CT molecular complexity index is 614. The lowest BCUT2D eigenvalue weighted by atomic mass is 10.3. The predicted molar refractivity (Wildman–Crippen MR) is 72.1 cm³/mol. The molecule has 0 radical (unpaired) electrons. The smallest absolute Gasteiger partial charge is 0.309 e. The van der Waals surface area contributed by atoms with Crippen LogP contribution < -0.4 is 10.00 Å². The van der Waals surface area contributed by atoms with E-state index in [1.807, 2.05) is 18.2 Å². The number of amides is 1. The van der Waals surface area contributed by atoms with Crippen molar-refractivity contribution in [2.24, 2.45) is 0 Å². The number of carbonyl (C=O) groups excluding carboxylic acids is 1. The van der Waals surface area contributed by atoms with Gasteiger partial charge in [-0.25, -0.2) is 0 Å². The van der Waals surface area contributed by atoms with Crippen LogP contribution in [0.5, 0.6) is 0 Å². The van der Waals surface area contributed by atoms with Gasteiger partial charge in [0.25, 0.3) is 5.91 Å². The molecule has 108 valence electrons. The molecule has 21 heavy (non-hydrogen) atoms. The van der Waals surface area contributed by atoms with Crippen molar-refractivity contribution in [2.45, 2.75) is 19.5 Å². The van der Waals surface area contributed by atoms with Gasteiger partial charge in [0.15, 0.2) is 12.7 Å². The third kappa shape index (κ3) is 4.64. The summed E-state index contributed by atoms with van der Waals surface area (Å²) in [6.07, 6.45) is 4.65. The number of aliphatic carboxylic acids is 1. The molecule has 0 aliphatic heterocycles. The van der Waals surface area contributed by atoms with E-state index in [4.69, 9.17) is 5.11 Å². The molecule has 2 rings (SSSR count).